The van der Waals surface area contributed by atoms with Crippen molar-refractivity contribution < 1.29 is 0 Å². The first-order valence-electron chi connectivity index (χ1n) is 6.25. The number of benzene rings is 1. The van der Waals surface area contributed by atoms with Gasteiger partial charge in [-0.25, -0.2) is 4.98 Å². The summed E-state index contributed by atoms with van der Waals surface area (Å²) in [5, 5.41) is 3.32. The number of aromatic amines is 1. The molecule has 0 aliphatic carbocycles. The van der Waals surface area contributed by atoms with Gasteiger partial charge in [0.2, 0.25) is 0 Å². The van der Waals surface area contributed by atoms with Crippen LogP contribution in [0.3, 0.4) is 0 Å². The number of hydrogen-bond acceptors (Lipinski definition) is 3. The normalized spacial score (nSPS) is 16.6. The van der Waals surface area contributed by atoms with Crippen LogP contribution in [-0.4, -0.2) is 40.5 Å². The number of imidazole rings is 1. The number of H-pyrrole nitrogens is 1. The van der Waals surface area contributed by atoms with Crippen molar-refractivity contribution >= 4 is 11.0 Å². The molecule has 1 saturated heterocycles. The number of para-hydroxylation sites is 2. The van der Waals surface area contributed by atoms with Gasteiger partial charge >= 0.3 is 0 Å². The number of rotatable bonds is 4. The van der Waals surface area contributed by atoms with Gasteiger partial charge < -0.3 is 10.3 Å². The Morgan fingerprint density at radius 1 is 1.35 bits per heavy atom. The third-order valence-corrected chi connectivity index (χ3v) is 3.47. The molecular weight excluding hydrogens is 212 g/mol. The van der Waals surface area contributed by atoms with Crippen molar-refractivity contribution in [1.82, 2.24) is 20.2 Å². The van der Waals surface area contributed by atoms with Crippen molar-refractivity contribution in [3.05, 3.63) is 30.1 Å². The SMILES string of the molecule is CCN(Cc1nc2ccccc2[nH]1)C1CNC1. The smallest absolute Gasteiger partial charge is 0.121 e. The number of aromatic nitrogens is 2. The highest BCUT2D eigenvalue weighted by Crippen LogP contribution is 2.14. The first-order valence-corrected chi connectivity index (χ1v) is 6.25. The van der Waals surface area contributed by atoms with Crippen molar-refractivity contribution in [1.29, 1.82) is 0 Å². The second-order valence-corrected chi connectivity index (χ2v) is 4.58. The van der Waals surface area contributed by atoms with Gasteiger partial charge in [-0.15, -0.1) is 0 Å². The molecule has 0 bridgehead atoms. The highest BCUT2D eigenvalue weighted by Gasteiger charge is 2.23. The summed E-state index contributed by atoms with van der Waals surface area (Å²) in [6.45, 7) is 6.41. The van der Waals surface area contributed by atoms with Gasteiger partial charge in [0, 0.05) is 19.1 Å². The fourth-order valence-corrected chi connectivity index (χ4v) is 2.30. The molecule has 2 N–H and O–H groups in total. The van der Waals surface area contributed by atoms with E-state index < -0.39 is 0 Å². The maximum absolute atomic E-state index is 4.62. The second kappa shape index (κ2) is 4.47. The largest absolute Gasteiger partial charge is 0.341 e. The molecule has 1 aliphatic rings. The zero-order valence-corrected chi connectivity index (χ0v) is 10.1. The minimum absolute atomic E-state index is 0.674. The molecule has 3 rings (SSSR count). The van der Waals surface area contributed by atoms with E-state index >= 15 is 0 Å². The van der Waals surface area contributed by atoms with E-state index in [4.69, 9.17) is 0 Å². The molecule has 1 aromatic heterocycles. The Bertz CT molecular complexity index is 468. The van der Waals surface area contributed by atoms with E-state index in [0.29, 0.717) is 6.04 Å². The maximum Gasteiger partial charge on any atom is 0.121 e. The van der Waals surface area contributed by atoms with Crippen LogP contribution in [0.15, 0.2) is 24.3 Å². The van der Waals surface area contributed by atoms with E-state index in [0.717, 1.165) is 43.0 Å². The molecule has 4 nitrogen and oxygen atoms in total. The third kappa shape index (κ3) is 2.06. The quantitative estimate of drug-likeness (QED) is 0.833. The number of fused-ring (bicyclic) bond motifs is 1. The Kier molecular flexibility index (Phi) is 2.82. The van der Waals surface area contributed by atoms with Crippen molar-refractivity contribution in [2.24, 2.45) is 0 Å². The minimum Gasteiger partial charge on any atom is -0.341 e. The van der Waals surface area contributed by atoms with Crippen LogP contribution < -0.4 is 5.32 Å². The summed E-state index contributed by atoms with van der Waals surface area (Å²) in [5.74, 6) is 1.07. The van der Waals surface area contributed by atoms with Gasteiger partial charge in [0.25, 0.3) is 0 Å². The predicted octanol–water partition coefficient (Wildman–Crippen LogP) is 1.36. The molecule has 0 atom stereocenters. The average molecular weight is 230 g/mol. The highest BCUT2D eigenvalue weighted by atomic mass is 15.2. The van der Waals surface area contributed by atoms with Crippen LogP contribution in [-0.2, 0) is 6.54 Å². The molecule has 4 heteroatoms. The molecule has 0 saturated carbocycles. The summed E-state index contributed by atoms with van der Waals surface area (Å²) in [7, 11) is 0. The van der Waals surface area contributed by atoms with Gasteiger partial charge in [-0.05, 0) is 18.7 Å². The summed E-state index contributed by atoms with van der Waals surface area (Å²) >= 11 is 0. The minimum atomic E-state index is 0.674. The van der Waals surface area contributed by atoms with Crippen LogP contribution in [0.2, 0.25) is 0 Å². The lowest BCUT2D eigenvalue weighted by atomic mass is 10.1. The molecule has 0 amide bonds. The summed E-state index contributed by atoms with van der Waals surface area (Å²) in [5.41, 5.74) is 2.19. The number of nitrogens with zero attached hydrogens (tertiary/aromatic N) is 2. The Morgan fingerprint density at radius 3 is 2.82 bits per heavy atom. The highest BCUT2D eigenvalue weighted by molar-refractivity contribution is 5.74. The molecule has 0 unspecified atom stereocenters. The molecule has 17 heavy (non-hydrogen) atoms. The maximum atomic E-state index is 4.62. The topological polar surface area (TPSA) is 44.0 Å². The molecule has 1 fully saturated rings. The number of nitrogens with one attached hydrogen (secondary N) is 2. The molecule has 2 aromatic rings. The monoisotopic (exact) mass is 230 g/mol. The first-order chi connectivity index (χ1) is 8.36. The van der Waals surface area contributed by atoms with E-state index in [1.54, 1.807) is 0 Å². The molecule has 90 valence electrons. The van der Waals surface area contributed by atoms with Crippen LogP contribution in [0.5, 0.6) is 0 Å². The summed E-state index contributed by atoms with van der Waals surface area (Å²) in [6, 6.07) is 8.87. The van der Waals surface area contributed by atoms with E-state index in [1.807, 2.05) is 12.1 Å². The number of likely N-dealkylation sites (N-methyl/N-ethyl adjacent to an activating group) is 1. The Balaban J connectivity index is 1.78. The molecule has 2 heterocycles. The lowest BCUT2D eigenvalue weighted by Gasteiger charge is -2.37. The fourth-order valence-electron chi connectivity index (χ4n) is 2.30. The van der Waals surface area contributed by atoms with Gasteiger partial charge in [-0.2, -0.15) is 0 Å². The van der Waals surface area contributed by atoms with Crippen molar-refractivity contribution in [3.8, 4) is 0 Å². The first kappa shape index (κ1) is 10.7. The Morgan fingerprint density at radius 2 is 2.18 bits per heavy atom. The Hall–Kier alpha value is -1.39. The van der Waals surface area contributed by atoms with Crippen molar-refractivity contribution in [3.63, 3.8) is 0 Å². The molecule has 1 aromatic carbocycles. The molecular formula is C13H18N4. The van der Waals surface area contributed by atoms with Gasteiger partial charge in [-0.3, -0.25) is 4.90 Å². The van der Waals surface area contributed by atoms with Crippen molar-refractivity contribution in [2.45, 2.75) is 19.5 Å². The Labute approximate surface area is 101 Å². The molecule has 0 radical (unpaired) electrons. The summed E-state index contributed by atoms with van der Waals surface area (Å²) in [4.78, 5) is 10.5. The average Bonchev–Trinajstić information content (AvgIpc) is 2.67. The van der Waals surface area contributed by atoms with Gasteiger partial charge in [0.05, 0.1) is 17.6 Å². The van der Waals surface area contributed by atoms with Crippen LogP contribution in [0.1, 0.15) is 12.7 Å². The van der Waals surface area contributed by atoms with E-state index in [1.165, 1.54) is 0 Å². The van der Waals surface area contributed by atoms with Crippen LogP contribution in [0, 0.1) is 0 Å². The number of hydrogen-bond donors (Lipinski definition) is 2. The second-order valence-electron chi connectivity index (χ2n) is 4.58. The van der Waals surface area contributed by atoms with Gasteiger partial charge in [-0.1, -0.05) is 19.1 Å². The molecule has 0 spiro atoms. The van der Waals surface area contributed by atoms with Gasteiger partial charge in [0.15, 0.2) is 0 Å². The van der Waals surface area contributed by atoms with E-state index in [2.05, 4.69) is 39.2 Å². The summed E-state index contributed by atoms with van der Waals surface area (Å²) < 4.78 is 0. The lowest BCUT2D eigenvalue weighted by Crippen LogP contribution is -2.56. The van der Waals surface area contributed by atoms with Crippen molar-refractivity contribution in [2.75, 3.05) is 19.6 Å². The molecule has 1 aliphatic heterocycles. The zero-order valence-electron chi connectivity index (χ0n) is 10.1. The van der Waals surface area contributed by atoms with Gasteiger partial charge in [0.1, 0.15) is 5.82 Å². The van der Waals surface area contributed by atoms with E-state index in [9.17, 15) is 0 Å². The van der Waals surface area contributed by atoms with E-state index in [-0.39, 0.29) is 0 Å². The van der Waals surface area contributed by atoms with Crippen LogP contribution >= 0.6 is 0 Å². The fraction of sp³-hybridized carbons (Fsp3) is 0.462. The summed E-state index contributed by atoms with van der Waals surface area (Å²) in [6.07, 6.45) is 0. The zero-order chi connectivity index (χ0) is 11.7. The van der Waals surface area contributed by atoms with Crippen LogP contribution in [0.4, 0.5) is 0 Å². The predicted molar refractivity (Wildman–Crippen MR) is 68.8 cm³/mol. The van der Waals surface area contributed by atoms with Crippen LogP contribution in [0.25, 0.3) is 11.0 Å². The standard InChI is InChI=1S/C13H18N4/c1-2-17(10-7-14-8-10)9-13-15-11-5-3-4-6-12(11)16-13/h3-6,10,14H,2,7-9H2,1H3,(H,15,16). The lowest BCUT2D eigenvalue weighted by molar-refractivity contribution is 0.142. The third-order valence-electron chi connectivity index (χ3n) is 3.47.